The molecule has 1 saturated heterocycles. The lowest BCUT2D eigenvalue weighted by Crippen LogP contribution is -2.39. The molecule has 1 aliphatic rings. The van der Waals surface area contributed by atoms with E-state index in [4.69, 9.17) is 9.72 Å². The first kappa shape index (κ1) is 27.7. The number of carbonyl (C=O) groups is 2. The standard InChI is InChI=1S/C28H33N7O4S/c1-18(2)12-21(16-36)32-27(38)24-23(20-5-11-40-17-20)33-25-22(4-3-6-35(24)25)26(37)29-13-19-14-30-28(31-15-19)34-7-9-39-10-8-34/h3-6,11,14-15,17-18,21,36H,7-10,12-13,16H2,1-2H3,(H,29,37)(H,32,38)/t21-/m1/s1. The first-order valence-electron chi connectivity index (χ1n) is 13.3. The van der Waals surface area contributed by atoms with Gasteiger partial charge in [0.05, 0.1) is 31.4 Å². The van der Waals surface area contributed by atoms with Crippen molar-refractivity contribution in [1.82, 2.24) is 30.0 Å². The predicted octanol–water partition coefficient (Wildman–Crippen LogP) is 2.76. The Kier molecular flexibility index (Phi) is 8.68. The normalized spacial score (nSPS) is 14.4. The SMILES string of the molecule is CC(C)C[C@H](CO)NC(=O)c1c(-c2ccsc2)nc2c(C(=O)NCc3cnc(N4CCOCC4)nc3)cccn12. The van der Waals surface area contributed by atoms with Crippen LogP contribution in [0, 0.1) is 5.92 Å². The Morgan fingerprint density at radius 1 is 1.15 bits per heavy atom. The number of ether oxygens (including phenoxy) is 1. The molecule has 1 aliphatic heterocycles. The molecule has 3 N–H and O–H groups in total. The van der Waals surface area contributed by atoms with Crippen molar-refractivity contribution in [3.05, 3.63) is 64.4 Å². The third-order valence-electron chi connectivity index (χ3n) is 6.65. The van der Waals surface area contributed by atoms with E-state index in [1.54, 1.807) is 35.1 Å². The van der Waals surface area contributed by atoms with E-state index in [0.717, 1.165) is 24.2 Å². The number of morpholine rings is 1. The van der Waals surface area contributed by atoms with Crippen LogP contribution < -0.4 is 15.5 Å². The highest BCUT2D eigenvalue weighted by atomic mass is 32.1. The number of hydrogen-bond acceptors (Lipinski definition) is 9. The van der Waals surface area contributed by atoms with Gasteiger partial charge in [0, 0.05) is 54.7 Å². The first-order valence-corrected chi connectivity index (χ1v) is 14.3. The van der Waals surface area contributed by atoms with Crippen LogP contribution in [0.15, 0.2) is 47.5 Å². The molecule has 11 nitrogen and oxygen atoms in total. The fraction of sp³-hybridized carbons (Fsp3) is 0.393. The topological polar surface area (TPSA) is 134 Å². The molecule has 210 valence electrons. The molecule has 1 atom stereocenters. The van der Waals surface area contributed by atoms with Crippen LogP contribution in [0.25, 0.3) is 16.9 Å². The predicted molar refractivity (Wildman–Crippen MR) is 153 cm³/mol. The molecule has 1 fully saturated rings. The zero-order valence-corrected chi connectivity index (χ0v) is 23.4. The summed E-state index contributed by atoms with van der Waals surface area (Å²) in [5, 5.41) is 19.5. The highest BCUT2D eigenvalue weighted by molar-refractivity contribution is 7.08. The molecule has 5 heterocycles. The van der Waals surface area contributed by atoms with Crippen molar-refractivity contribution in [3.63, 3.8) is 0 Å². The highest BCUT2D eigenvalue weighted by Gasteiger charge is 2.26. The van der Waals surface area contributed by atoms with Crippen molar-refractivity contribution in [3.8, 4) is 11.3 Å². The Hall–Kier alpha value is -3.87. The van der Waals surface area contributed by atoms with E-state index in [-0.39, 0.29) is 25.0 Å². The van der Waals surface area contributed by atoms with Gasteiger partial charge in [0.25, 0.3) is 11.8 Å². The minimum absolute atomic E-state index is 0.167. The van der Waals surface area contributed by atoms with Crippen molar-refractivity contribution < 1.29 is 19.4 Å². The number of carbonyl (C=O) groups excluding carboxylic acids is 2. The Morgan fingerprint density at radius 2 is 1.93 bits per heavy atom. The van der Waals surface area contributed by atoms with E-state index >= 15 is 0 Å². The van der Waals surface area contributed by atoms with Gasteiger partial charge in [0.2, 0.25) is 5.95 Å². The summed E-state index contributed by atoms with van der Waals surface area (Å²) in [4.78, 5) is 42.5. The Labute approximate surface area is 236 Å². The van der Waals surface area contributed by atoms with Crippen LogP contribution in [0.4, 0.5) is 5.95 Å². The maximum absolute atomic E-state index is 13.5. The van der Waals surface area contributed by atoms with Crippen molar-refractivity contribution in [1.29, 1.82) is 0 Å². The van der Waals surface area contributed by atoms with Gasteiger partial charge >= 0.3 is 0 Å². The Balaban J connectivity index is 1.38. The van der Waals surface area contributed by atoms with Gasteiger partial charge in [0.1, 0.15) is 11.4 Å². The molecule has 0 radical (unpaired) electrons. The summed E-state index contributed by atoms with van der Waals surface area (Å²) in [6.07, 6.45) is 5.77. The van der Waals surface area contributed by atoms with Crippen LogP contribution in [-0.2, 0) is 11.3 Å². The summed E-state index contributed by atoms with van der Waals surface area (Å²) in [7, 11) is 0. The minimum Gasteiger partial charge on any atom is -0.394 e. The lowest BCUT2D eigenvalue weighted by atomic mass is 10.0. The van der Waals surface area contributed by atoms with Gasteiger partial charge in [0.15, 0.2) is 5.65 Å². The molecule has 5 rings (SSSR count). The van der Waals surface area contributed by atoms with Crippen LogP contribution in [0.2, 0.25) is 0 Å². The summed E-state index contributed by atoms with van der Waals surface area (Å²) in [5.74, 6) is 0.254. The number of nitrogens with zero attached hydrogens (tertiary/aromatic N) is 5. The summed E-state index contributed by atoms with van der Waals surface area (Å²) in [6, 6.07) is 4.90. The maximum atomic E-state index is 13.5. The summed E-state index contributed by atoms with van der Waals surface area (Å²) >= 11 is 1.50. The van der Waals surface area contributed by atoms with Gasteiger partial charge in [-0.2, -0.15) is 11.3 Å². The molecule has 4 aromatic heterocycles. The number of aliphatic hydroxyl groups excluding tert-OH is 1. The van der Waals surface area contributed by atoms with E-state index in [1.807, 2.05) is 30.7 Å². The second-order valence-corrected chi connectivity index (χ2v) is 10.9. The largest absolute Gasteiger partial charge is 0.394 e. The molecule has 40 heavy (non-hydrogen) atoms. The van der Waals surface area contributed by atoms with Crippen LogP contribution in [0.3, 0.4) is 0 Å². The van der Waals surface area contributed by atoms with E-state index in [9.17, 15) is 14.7 Å². The van der Waals surface area contributed by atoms with Gasteiger partial charge in [-0.3, -0.25) is 14.0 Å². The number of anilines is 1. The second-order valence-electron chi connectivity index (χ2n) is 10.1. The van der Waals surface area contributed by atoms with Crippen molar-refractivity contribution in [2.24, 2.45) is 5.92 Å². The number of amides is 2. The lowest BCUT2D eigenvalue weighted by Gasteiger charge is -2.26. The molecule has 0 spiro atoms. The van der Waals surface area contributed by atoms with Gasteiger partial charge in [-0.25, -0.2) is 15.0 Å². The van der Waals surface area contributed by atoms with Crippen LogP contribution >= 0.6 is 11.3 Å². The maximum Gasteiger partial charge on any atom is 0.270 e. The smallest absolute Gasteiger partial charge is 0.270 e. The van der Waals surface area contributed by atoms with Crippen LogP contribution in [0.5, 0.6) is 0 Å². The van der Waals surface area contributed by atoms with Crippen molar-refractivity contribution in [2.75, 3.05) is 37.8 Å². The molecule has 0 bridgehead atoms. The second kappa shape index (κ2) is 12.5. The van der Waals surface area contributed by atoms with E-state index in [2.05, 4.69) is 25.5 Å². The van der Waals surface area contributed by atoms with E-state index < -0.39 is 6.04 Å². The minimum atomic E-state index is -0.392. The number of imidazole rings is 1. The van der Waals surface area contributed by atoms with E-state index in [1.165, 1.54) is 11.3 Å². The number of hydrogen-bond donors (Lipinski definition) is 3. The number of aliphatic hydroxyl groups is 1. The number of rotatable bonds is 10. The Bertz CT molecular complexity index is 1450. The molecule has 0 saturated carbocycles. The number of fused-ring (bicyclic) bond motifs is 1. The number of nitrogens with one attached hydrogen (secondary N) is 2. The molecule has 0 aliphatic carbocycles. The summed E-state index contributed by atoms with van der Waals surface area (Å²) < 4.78 is 7.02. The third kappa shape index (κ3) is 6.14. The summed E-state index contributed by atoms with van der Waals surface area (Å²) in [6.45, 7) is 6.94. The zero-order chi connectivity index (χ0) is 28.1. The average molecular weight is 564 g/mol. The van der Waals surface area contributed by atoms with Crippen LogP contribution in [-0.4, -0.2) is 75.2 Å². The highest BCUT2D eigenvalue weighted by Crippen LogP contribution is 2.28. The number of aromatic nitrogens is 4. The monoisotopic (exact) mass is 563 g/mol. The Morgan fingerprint density at radius 3 is 2.60 bits per heavy atom. The fourth-order valence-corrected chi connectivity index (χ4v) is 5.35. The van der Waals surface area contributed by atoms with Crippen molar-refractivity contribution >= 4 is 34.7 Å². The third-order valence-corrected chi connectivity index (χ3v) is 7.34. The number of pyridine rings is 1. The molecule has 4 aromatic rings. The number of thiophene rings is 1. The van der Waals surface area contributed by atoms with Gasteiger partial charge < -0.3 is 25.4 Å². The average Bonchev–Trinajstić information content (AvgIpc) is 3.64. The van der Waals surface area contributed by atoms with Crippen molar-refractivity contribution in [2.45, 2.75) is 32.9 Å². The van der Waals surface area contributed by atoms with Gasteiger partial charge in [-0.15, -0.1) is 0 Å². The molecule has 12 heteroatoms. The molecule has 0 unspecified atom stereocenters. The first-order chi connectivity index (χ1) is 19.4. The van der Waals surface area contributed by atoms with Gasteiger partial charge in [-0.05, 0) is 35.9 Å². The molecule has 0 aromatic carbocycles. The molecular formula is C28H33N7O4S. The summed E-state index contributed by atoms with van der Waals surface area (Å²) in [5.41, 5.74) is 3.05. The zero-order valence-electron chi connectivity index (χ0n) is 22.5. The van der Waals surface area contributed by atoms with Crippen LogP contribution in [0.1, 0.15) is 46.7 Å². The molecular weight excluding hydrogens is 530 g/mol. The lowest BCUT2D eigenvalue weighted by molar-refractivity contribution is 0.0901. The van der Waals surface area contributed by atoms with E-state index in [0.29, 0.717) is 54.1 Å². The fourth-order valence-electron chi connectivity index (χ4n) is 4.71. The quantitative estimate of drug-likeness (QED) is 0.268. The molecule has 2 amide bonds. The van der Waals surface area contributed by atoms with Gasteiger partial charge in [-0.1, -0.05) is 13.8 Å².